The fourth-order valence-corrected chi connectivity index (χ4v) is 1.93. The molecule has 2 aromatic heterocycles. The minimum atomic E-state index is -0.265. The van der Waals surface area contributed by atoms with Crippen LogP contribution < -0.4 is 5.32 Å². The lowest BCUT2D eigenvalue weighted by Gasteiger charge is -2.02. The Kier molecular flexibility index (Phi) is 3.28. The molecule has 6 heteroatoms. The lowest BCUT2D eigenvalue weighted by atomic mass is 10.3. The second-order valence-corrected chi connectivity index (χ2v) is 4.61. The number of aromatic nitrogens is 4. The highest BCUT2D eigenvalue weighted by atomic mass is 19.1. The van der Waals surface area contributed by atoms with Crippen molar-refractivity contribution in [2.75, 3.05) is 11.9 Å². The first-order chi connectivity index (χ1) is 9.70. The zero-order valence-corrected chi connectivity index (χ0v) is 11.0. The zero-order chi connectivity index (χ0) is 13.9. The van der Waals surface area contributed by atoms with Crippen LogP contribution in [-0.2, 0) is 6.42 Å². The first-order valence-electron chi connectivity index (χ1n) is 6.37. The molecular weight excluding hydrogens is 257 g/mol. The molecule has 0 saturated carbocycles. The van der Waals surface area contributed by atoms with Crippen LogP contribution in [0.3, 0.4) is 0 Å². The van der Waals surface area contributed by atoms with Gasteiger partial charge in [-0.05, 0) is 30.7 Å². The summed E-state index contributed by atoms with van der Waals surface area (Å²) in [7, 11) is 0. The molecule has 0 aliphatic rings. The lowest BCUT2D eigenvalue weighted by Crippen LogP contribution is -2.08. The molecule has 2 N–H and O–H groups in total. The van der Waals surface area contributed by atoms with Crippen molar-refractivity contribution in [1.29, 1.82) is 0 Å². The number of aryl methyl sites for hydroxylation is 1. The average molecular weight is 271 g/mol. The van der Waals surface area contributed by atoms with Gasteiger partial charge in [0.05, 0.1) is 11.0 Å². The predicted octanol–water partition coefficient (Wildman–Crippen LogP) is 2.46. The summed E-state index contributed by atoms with van der Waals surface area (Å²) in [5.74, 6) is 1.14. The number of anilines is 1. The Morgan fingerprint density at radius 1 is 1.25 bits per heavy atom. The van der Waals surface area contributed by atoms with Crippen LogP contribution >= 0.6 is 0 Å². The lowest BCUT2D eigenvalue weighted by molar-refractivity contribution is 0.629. The van der Waals surface area contributed by atoms with E-state index in [-0.39, 0.29) is 5.82 Å². The molecule has 0 spiro atoms. The Hall–Kier alpha value is -2.50. The molecule has 3 rings (SSSR count). The van der Waals surface area contributed by atoms with Gasteiger partial charge in [0.1, 0.15) is 11.6 Å². The molecule has 0 fully saturated rings. The van der Waals surface area contributed by atoms with Crippen LogP contribution in [0.5, 0.6) is 0 Å². The third-order valence-electron chi connectivity index (χ3n) is 2.92. The number of fused-ring (bicyclic) bond motifs is 1. The topological polar surface area (TPSA) is 66.5 Å². The highest BCUT2D eigenvalue weighted by Crippen LogP contribution is 2.13. The van der Waals surface area contributed by atoms with Crippen molar-refractivity contribution >= 4 is 17.0 Å². The molecule has 0 unspecified atom stereocenters. The van der Waals surface area contributed by atoms with Crippen LogP contribution in [0.2, 0.25) is 0 Å². The third-order valence-corrected chi connectivity index (χ3v) is 2.92. The minimum Gasteiger partial charge on any atom is -0.354 e. The summed E-state index contributed by atoms with van der Waals surface area (Å²) in [6.45, 7) is 2.60. The zero-order valence-electron chi connectivity index (χ0n) is 11.0. The highest BCUT2D eigenvalue weighted by Gasteiger charge is 2.04. The Balaban J connectivity index is 1.63. The van der Waals surface area contributed by atoms with Crippen LogP contribution in [0.25, 0.3) is 11.0 Å². The Morgan fingerprint density at radius 3 is 2.85 bits per heavy atom. The van der Waals surface area contributed by atoms with Gasteiger partial charge in [0.15, 0.2) is 0 Å². The molecule has 20 heavy (non-hydrogen) atoms. The fourth-order valence-electron chi connectivity index (χ4n) is 1.93. The summed E-state index contributed by atoms with van der Waals surface area (Å²) < 4.78 is 13.1. The molecule has 0 amide bonds. The fraction of sp³-hybridized carbons (Fsp3) is 0.214. The van der Waals surface area contributed by atoms with Gasteiger partial charge >= 0.3 is 0 Å². The van der Waals surface area contributed by atoms with E-state index in [9.17, 15) is 4.39 Å². The monoisotopic (exact) mass is 271 g/mol. The molecule has 5 nitrogen and oxygen atoms in total. The van der Waals surface area contributed by atoms with Gasteiger partial charge in [-0.2, -0.15) is 0 Å². The molecular formula is C14H14FN5. The van der Waals surface area contributed by atoms with Crippen molar-refractivity contribution < 1.29 is 4.39 Å². The summed E-state index contributed by atoms with van der Waals surface area (Å²) >= 11 is 0. The van der Waals surface area contributed by atoms with E-state index in [4.69, 9.17) is 0 Å². The minimum absolute atomic E-state index is 0.265. The molecule has 0 aliphatic carbocycles. The Bertz CT molecular complexity index is 720. The molecule has 0 aliphatic heterocycles. The van der Waals surface area contributed by atoms with Crippen molar-refractivity contribution in [1.82, 2.24) is 19.9 Å². The van der Waals surface area contributed by atoms with E-state index in [0.29, 0.717) is 24.4 Å². The van der Waals surface area contributed by atoms with E-state index in [1.807, 2.05) is 6.92 Å². The molecule has 0 saturated heterocycles. The standard InChI is InChI=1S/C14H14FN5/c1-9-7-17-14(18-8-9)16-5-4-13-19-11-3-2-10(15)6-12(11)20-13/h2-3,6-8H,4-5H2,1H3,(H,19,20)(H,16,17,18). The van der Waals surface area contributed by atoms with Gasteiger partial charge in [0, 0.05) is 25.4 Å². The van der Waals surface area contributed by atoms with Crippen LogP contribution in [0.4, 0.5) is 10.3 Å². The van der Waals surface area contributed by atoms with E-state index in [0.717, 1.165) is 16.9 Å². The van der Waals surface area contributed by atoms with E-state index in [2.05, 4.69) is 25.3 Å². The SMILES string of the molecule is Cc1cnc(NCCc2nc3ccc(F)cc3[nH]2)nc1. The highest BCUT2D eigenvalue weighted by molar-refractivity contribution is 5.74. The normalized spacial score (nSPS) is 10.9. The van der Waals surface area contributed by atoms with Gasteiger partial charge in [-0.25, -0.2) is 19.3 Å². The van der Waals surface area contributed by atoms with E-state index >= 15 is 0 Å². The van der Waals surface area contributed by atoms with Crippen LogP contribution in [-0.4, -0.2) is 26.5 Å². The number of rotatable bonds is 4. The van der Waals surface area contributed by atoms with Gasteiger partial charge < -0.3 is 10.3 Å². The summed E-state index contributed by atoms with van der Waals surface area (Å²) in [6.07, 6.45) is 4.21. The number of hydrogen-bond acceptors (Lipinski definition) is 4. The largest absolute Gasteiger partial charge is 0.354 e. The number of aromatic amines is 1. The Labute approximate surface area is 115 Å². The average Bonchev–Trinajstić information content (AvgIpc) is 2.83. The van der Waals surface area contributed by atoms with Gasteiger partial charge in [0.25, 0.3) is 0 Å². The van der Waals surface area contributed by atoms with Gasteiger partial charge in [-0.1, -0.05) is 0 Å². The molecule has 2 heterocycles. The number of nitrogens with zero attached hydrogens (tertiary/aromatic N) is 3. The molecule has 1 aromatic carbocycles. The quantitative estimate of drug-likeness (QED) is 0.765. The second kappa shape index (κ2) is 5.24. The van der Waals surface area contributed by atoms with Crippen molar-refractivity contribution in [3.05, 3.63) is 47.8 Å². The Morgan fingerprint density at radius 2 is 2.05 bits per heavy atom. The second-order valence-electron chi connectivity index (χ2n) is 4.61. The van der Waals surface area contributed by atoms with Gasteiger partial charge in [-0.15, -0.1) is 0 Å². The number of H-pyrrole nitrogens is 1. The van der Waals surface area contributed by atoms with Crippen molar-refractivity contribution in [3.8, 4) is 0 Å². The number of nitrogens with one attached hydrogen (secondary N) is 2. The number of halogens is 1. The summed E-state index contributed by atoms with van der Waals surface area (Å²) in [4.78, 5) is 15.8. The molecule has 3 aromatic rings. The van der Waals surface area contributed by atoms with E-state index in [1.165, 1.54) is 12.1 Å². The number of hydrogen-bond donors (Lipinski definition) is 2. The van der Waals surface area contributed by atoms with Gasteiger partial charge in [0.2, 0.25) is 5.95 Å². The first kappa shape index (κ1) is 12.5. The smallest absolute Gasteiger partial charge is 0.222 e. The molecule has 0 radical (unpaired) electrons. The molecule has 102 valence electrons. The van der Waals surface area contributed by atoms with Crippen molar-refractivity contribution in [2.45, 2.75) is 13.3 Å². The van der Waals surface area contributed by atoms with E-state index in [1.54, 1.807) is 18.5 Å². The van der Waals surface area contributed by atoms with Crippen LogP contribution in [0.1, 0.15) is 11.4 Å². The maximum atomic E-state index is 13.1. The van der Waals surface area contributed by atoms with Gasteiger partial charge in [-0.3, -0.25) is 0 Å². The maximum absolute atomic E-state index is 13.1. The summed E-state index contributed by atoms with van der Waals surface area (Å²) in [6, 6.07) is 4.52. The molecule has 0 atom stereocenters. The first-order valence-corrected chi connectivity index (χ1v) is 6.37. The molecule has 0 bridgehead atoms. The summed E-state index contributed by atoms with van der Waals surface area (Å²) in [5, 5.41) is 3.12. The maximum Gasteiger partial charge on any atom is 0.222 e. The van der Waals surface area contributed by atoms with Crippen molar-refractivity contribution in [2.24, 2.45) is 0 Å². The van der Waals surface area contributed by atoms with Crippen LogP contribution in [0.15, 0.2) is 30.6 Å². The summed E-state index contributed by atoms with van der Waals surface area (Å²) in [5.41, 5.74) is 2.51. The number of imidazole rings is 1. The number of benzene rings is 1. The third kappa shape index (κ3) is 2.74. The van der Waals surface area contributed by atoms with E-state index < -0.39 is 0 Å². The van der Waals surface area contributed by atoms with Crippen LogP contribution in [0, 0.1) is 12.7 Å². The van der Waals surface area contributed by atoms with Crippen molar-refractivity contribution in [3.63, 3.8) is 0 Å². The predicted molar refractivity (Wildman–Crippen MR) is 75.0 cm³/mol.